The fourth-order valence-electron chi connectivity index (χ4n) is 10.3. The summed E-state index contributed by atoms with van der Waals surface area (Å²) in [5, 5.41) is 141. The van der Waals surface area contributed by atoms with Gasteiger partial charge in [-0.15, -0.1) is 0 Å². The number of cyclic esters (lactones) is 1. The largest absolute Gasteiger partial charge is 0.461 e. The third-order valence-corrected chi connectivity index (χ3v) is 15.2. The Labute approximate surface area is 446 Å². The van der Waals surface area contributed by atoms with Crippen molar-refractivity contribution in [1.29, 1.82) is 0 Å². The number of hydrogen-bond donors (Lipinski definition) is 15. The summed E-state index contributed by atoms with van der Waals surface area (Å²) in [5.41, 5.74) is 12.4. The Morgan fingerprint density at radius 2 is 1.32 bits per heavy atom. The van der Waals surface area contributed by atoms with Gasteiger partial charge < -0.3 is 92.1 Å². The minimum Gasteiger partial charge on any atom is -0.461 e. The summed E-state index contributed by atoms with van der Waals surface area (Å²) in [4.78, 5) is 18.2. The highest BCUT2D eigenvalue weighted by Crippen LogP contribution is 2.32. The highest BCUT2D eigenvalue weighted by molar-refractivity contribution is 5.75. The second-order valence-corrected chi connectivity index (χ2v) is 22.2. The molecule has 20 heteroatoms. The van der Waals surface area contributed by atoms with E-state index in [2.05, 4.69) is 4.99 Å². The van der Waals surface area contributed by atoms with Gasteiger partial charge in [0.25, 0.3) is 0 Å². The molecule has 75 heavy (non-hydrogen) atoms. The van der Waals surface area contributed by atoms with E-state index in [1.54, 1.807) is 6.92 Å². The number of hydrogen-bond acceptors (Lipinski definition) is 18. The second-order valence-electron chi connectivity index (χ2n) is 22.2. The van der Waals surface area contributed by atoms with Crippen LogP contribution in [0.15, 0.2) is 28.3 Å². The van der Waals surface area contributed by atoms with Gasteiger partial charge in [0.1, 0.15) is 30.5 Å². The third kappa shape index (κ3) is 26.4. The first-order chi connectivity index (χ1) is 35.4. The van der Waals surface area contributed by atoms with Crippen molar-refractivity contribution in [3.05, 3.63) is 23.3 Å². The Bertz CT molecular complexity index is 1640. The Hall–Kier alpha value is -2.38. The van der Waals surface area contributed by atoms with Crippen LogP contribution < -0.4 is 11.5 Å². The van der Waals surface area contributed by atoms with Crippen LogP contribution in [0.4, 0.5) is 0 Å². The quantitative estimate of drug-likeness (QED) is 0.0438. The van der Waals surface area contributed by atoms with Crippen LogP contribution in [0.5, 0.6) is 0 Å². The SMILES string of the molecule is CCCCC1C(=O)OC(C(C)C(O)CCCN=C(N)N)C(C)C=C(C)CCCCC(O)CC(O)CC(O)CC(O)CC(O)C(O[C@H]2O[C@H](CO)[C@@H](O)[C@@H]2O)C=C(C)C(O)CCCC(O)CCCC(O)CCC(C)C1O. The molecule has 0 radical (unpaired) electrons. The number of allylic oxidation sites excluding steroid dienone is 1. The molecule has 2 heterocycles. The van der Waals surface area contributed by atoms with Gasteiger partial charge in [0.05, 0.1) is 73.6 Å². The van der Waals surface area contributed by atoms with Gasteiger partial charge in [-0.2, -0.15) is 0 Å². The maximum absolute atomic E-state index is 14.2. The number of aliphatic hydroxyl groups excluding tert-OH is 13. The molecule has 20 nitrogen and oxygen atoms in total. The Kier molecular flexibility index (Phi) is 33.7. The number of nitrogens with two attached hydrogens (primary N) is 2. The number of esters is 1. The second kappa shape index (κ2) is 36.7. The lowest BCUT2D eigenvalue weighted by Crippen LogP contribution is -2.42. The van der Waals surface area contributed by atoms with Gasteiger partial charge in [-0.25, -0.2) is 0 Å². The smallest absolute Gasteiger partial charge is 0.311 e. The van der Waals surface area contributed by atoms with Crippen LogP contribution in [-0.4, -0.2) is 189 Å². The molecule has 0 aromatic carbocycles. The molecule has 16 unspecified atom stereocenters. The van der Waals surface area contributed by atoms with Gasteiger partial charge in [0, 0.05) is 24.8 Å². The van der Waals surface area contributed by atoms with E-state index in [1.165, 1.54) is 6.08 Å². The standard InChI is InChI=1S/C55H103N3O17/c1-7-8-19-43-49(69)33(3)22-23-38(61)17-11-16-37(60)18-12-20-44(66)34(4)26-47(73-54-51(71)50(70)48(31-59)74-54)46(68)30-42(65)29-41(64)28-40(63)27-39(62)15-10-9-14-32(2)25-35(5)52(75-53(43)72)36(6)45(67)21-13-24-58-55(56)57/h25-26,33,35-52,54,59-71H,7-24,27-31H2,1-6H3,(H4,56,57,58)/t33?,35?,36?,37?,38?,39?,40?,41?,42?,43?,44?,45?,46?,47?,48-,49?,50-,51+,52?,54+/m1/s1. The third-order valence-electron chi connectivity index (χ3n) is 15.2. The molecular formula is C55H103N3O17. The monoisotopic (exact) mass is 1080 g/mol. The van der Waals surface area contributed by atoms with E-state index in [-0.39, 0.29) is 49.9 Å². The van der Waals surface area contributed by atoms with Crippen molar-refractivity contribution in [3.8, 4) is 0 Å². The molecule has 20 atom stereocenters. The van der Waals surface area contributed by atoms with Crippen LogP contribution in [0.25, 0.3) is 0 Å². The number of carbonyl (C=O) groups is 1. The summed E-state index contributed by atoms with van der Waals surface area (Å²) in [6.07, 6.45) is -7.42. The van der Waals surface area contributed by atoms with Crippen LogP contribution in [0.1, 0.15) is 176 Å². The average Bonchev–Trinajstić information content (AvgIpc) is 3.61. The first kappa shape index (κ1) is 68.7. The Morgan fingerprint density at radius 3 is 1.92 bits per heavy atom. The summed E-state index contributed by atoms with van der Waals surface area (Å²) < 4.78 is 17.7. The number of ether oxygens (including phenoxy) is 3. The van der Waals surface area contributed by atoms with E-state index < -0.39 is 122 Å². The normalized spacial score (nSPS) is 37.3. The number of rotatable bonds is 12. The first-order valence-electron chi connectivity index (χ1n) is 28.1. The number of unbranched alkanes of at least 4 members (excludes halogenated alkanes) is 1. The van der Waals surface area contributed by atoms with Crippen molar-refractivity contribution < 1.29 is 85.4 Å². The molecule has 0 amide bonds. The minimum atomic E-state index is -1.59. The summed E-state index contributed by atoms with van der Waals surface area (Å²) in [7, 11) is 0. The van der Waals surface area contributed by atoms with Gasteiger partial charge in [-0.05, 0) is 134 Å². The lowest BCUT2D eigenvalue weighted by molar-refractivity contribution is -0.202. The number of aliphatic hydroxyl groups is 13. The number of guanidine groups is 1. The topological polar surface area (TPSA) is 372 Å². The highest BCUT2D eigenvalue weighted by atomic mass is 16.7. The van der Waals surface area contributed by atoms with E-state index >= 15 is 0 Å². The fourth-order valence-corrected chi connectivity index (χ4v) is 10.3. The molecule has 440 valence electrons. The van der Waals surface area contributed by atoms with Crippen LogP contribution in [0.3, 0.4) is 0 Å². The summed E-state index contributed by atoms with van der Waals surface area (Å²) in [6, 6.07) is 0. The fraction of sp³-hybridized carbons (Fsp3) is 0.891. The van der Waals surface area contributed by atoms with Crippen LogP contribution >= 0.6 is 0 Å². The molecule has 0 aliphatic carbocycles. The van der Waals surface area contributed by atoms with Crippen molar-refractivity contribution in [3.63, 3.8) is 0 Å². The number of aliphatic imine (C=N–C) groups is 1. The van der Waals surface area contributed by atoms with E-state index in [0.29, 0.717) is 108 Å². The van der Waals surface area contributed by atoms with Gasteiger partial charge in [-0.1, -0.05) is 64.7 Å². The lowest BCUT2D eigenvalue weighted by Gasteiger charge is -2.34. The predicted molar refractivity (Wildman–Crippen MR) is 284 cm³/mol. The van der Waals surface area contributed by atoms with Gasteiger partial charge >= 0.3 is 5.97 Å². The van der Waals surface area contributed by atoms with Crippen molar-refractivity contribution in [1.82, 2.24) is 0 Å². The number of nitrogens with zero attached hydrogens (tertiary/aromatic N) is 1. The molecule has 0 bridgehead atoms. The zero-order valence-corrected chi connectivity index (χ0v) is 46.0. The number of carbonyl (C=O) groups excluding carboxylic acids is 1. The summed E-state index contributed by atoms with van der Waals surface area (Å²) >= 11 is 0. The molecule has 0 spiro atoms. The molecule has 2 aliphatic heterocycles. The maximum atomic E-state index is 14.2. The molecule has 0 aromatic heterocycles. The van der Waals surface area contributed by atoms with Crippen molar-refractivity contribution >= 4 is 11.9 Å². The first-order valence-corrected chi connectivity index (χ1v) is 28.1. The lowest BCUT2D eigenvalue weighted by atomic mass is 9.84. The molecular weight excluding hydrogens is 975 g/mol. The molecule has 2 aliphatic rings. The van der Waals surface area contributed by atoms with Crippen LogP contribution in [0.2, 0.25) is 0 Å². The predicted octanol–water partition coefficient (Wildman–Crippen LogP) is 2.25. The van der Waals surface area contributed by atoms with Crippen molar-refractivity contribution in [2.24, 2.45) is 40.1 Å². The van der Waals surface area contributed by atoms with E-state index in [9.17, 15) is 71.2 Å². The van der Waals surface area contributed by atoms with E-state index in [0.717, 1.165) is 12.0 Å². The van der Waals surface area contributed by atoms with Crippen molar-refractivity contribution in [2.45, 2.75) is 274 Å². The average molecular weight is 1080 g/mol. The molecule has 1 fully saturated rings. The summed E-state index contributed by atoms with van der Waals surface area (Å²) in [6.45, 7) is 10.9. The molecule has 1 saturated heterocycles. The molecule has 0 aromatic rings. The van der Waals surface area contributed by atoms with Gasteiger partial charge in [-0.3, -0.25) is 9.79 Å². The maximum Gasteiger partial charge on any atom is 0.311 e. The highest BCUT2D eigenvalue weighted by Gasteiger charge is 2.45. The zero-order chi connectivity index (χ0) is 56.4. The Morgan fingerprint density at radius 1 is 0.733 bits per heavy atom. The van der Waals surface area contributed by atoms with E-state index in [1.807, 2.05) is 40.7 Å². The molecule has 17 N–H and O–H groups in total. The van der Waals surface area contributed by atoms with Crippen LogP contribution in [-0.2, 0) is 19.0 Å². The van der Waals surface area contributed by atoms with E-state index in [4.69, 9.17) is 25.7 Å². The minimum absolute atomic E-state index is 0.0266. The molecule has 2 rings (SSSR count). The molecule has 0 saturated carbocycles. The van der Waals surface area contributed by atoms with Crippen molar-refractivity contribution in [2.75, 3.05) is 13.2 Å². The van der Waals surface area contributed by atoms with Crippen LogP contribution in [0, 0.1) is 23.7 Å². The Balaban J connectivity index is 2.34. The summed E-state index contributed by atoms with van der Waals surface area (Å²) in [5.74, 6) is -2.64. The van der Waals surface area contributed by atoms with Gasteiger partial charge in [0.15, 0.2) is 12.2 Å². The zero-order valence-electron chi connectivity index (χ0n) is 46.0. The van der Waals surface area contributed by atoms with Gasteiger partial charge in [0.2, 0.25) is 0 Å².